The van der Waals surface area contributed by atoms with Crippen LogP contribution in [-0.4, -0.2) is 23.3 Å². The van der Waals surface area contributed by atoms with Crippen molar-refractivity contribution in [2.75, 3.05) is 6.61 Å². The fraction of sp³-hybridized carbons (Fsp3) is 0.105. The Labute approximate surface area is 271 Å². The quantitative estimate of drug-likeness (QED) is 0.118. The fourth-order valence-electron chi connectivity index (χ4n) is 5.31. The summed E-state index contributed by atoms with van der Waals surface area (Å²) < 4.78 is 15.1. The number of halogens is 1. The number of ether oxygens (including phenoxy) is 2. The van der Waals surface area contributed by atoms with Crippen LogP contribution in [0.1, 0.15) is 34.1 Å². The van der Waals surface area contributed by atoms with Crippen molar-refractivity contribution in [1.29, 1.82) is 0 Å². The monoisotopic (exact) mass is 657 g/mol. The Hall–Kier alpha value is -5.14. The predicted molar refractivity (Wildman–Crippen MR) is 185 cm³/mol. The van der Waals surface area contributed by atoms with Crippen LogP contribution in [0.25, 0.3) is 27.7 Å². The molecule has 1 aromatic heterocycles. The summed E-state index contributed by atoms with van der Waals surface area (Å²) in [4.78, 5) is 12.9. The van der Waals surface area contributed by atoms with Crippen LogP contribution in [0.15, 0.2) is 131 Å². The number of hydrogen-bond acceptors (Lipinski definition) is 4. The summed E-state index contributed by atoms with van der Waals surface area (Å²) in [6.07, 6.45) is 1.59. The second-order valence-electron chi connectivity index (χ2n) is 10.5. The smallest absolute Gasteiger partial charge is 0.271 e. The molecule has 0 saturated heterocycles. The molecule has 6 nitrogen and oxygen atoms in total. The van der Waals surface area contributed by atoms with Crippen molar-refractivity contribution in [2.24, 2.45) is 5.10 Å². The van der Waals surface area contributed by atoms with Gasteiger partial charge in [0.25, 0.3) is 5.91 Å². The van der Waals surface area contributed by atoms with Gasteiger partial charge in [0.05, 0.1) is 18.5 Å². The molecule has 0 unspecified atom stereocenters. The minimum atomic E-state index is -0.304. The van der Waals surface area contributed by atoms with Crippen LogP contribution in [0.3, 0.4) is 0 Å². The molecule has 1 heterocycles. The van der Waals surface area contributed by atoms with Gasteiger partial charge in [-0.1, -0.05) is 72.8 Å². The highest BCUT2D eigenvalue weighted by atomic mass is 79.9. The van der Waals surface area contributed by atoms with E-state index in [-0.39, 0.29) is 5.91 Å². The van der Waals surface area contributed by atoms with E-state index in [1.165, 1.54) is 5.39 Å². The normalized spacial score (nSPS) is 11.2. The van der Waals surface area contributed by atoms with E-state index in [2.05, 4.69) is 86.5 Å². The minimum Gasteiger partial charge on any atom is -0.490 e. The first kappa shape index (κ1) is 29.9. The number of amides is 1. The van der Waals surface area contributed by atoms with Gasteiger partial charge in [-0.2, -0.15) is 5.10 Å². The number of fused-ring (bicyclic) bond motifs is 1. The highest BCUT2D eigenvalue weighted by Gasteiger charge is 2.13. The molecule has 224 valence electrons. The van der Waals surface area contributed by atoms with Crippen molar-refractivity contribution in [1.82, 2.24) is 9.99 Å². The summed E-state index contributed by atoms with van der Waals surface area (Å²) in [6.45, 7) is 4.87. The molecule has 0 spiro atoms. The van der Waals surface area contributed by atoms with Crippen molar-refractivity contribution in [3.05, 3.63) is 148 Å². The van der Waals surface area contributed by atoms with Crippen LogP contribution in [-0.2, 0) is 6.61 Å². The van der Waals surface area contributed by atoms with Gasteiger partial charge in [0.15, 0.2) is 11.5 Å². The standard InChI is InChI=1S/C38H32BrN3O3/c1-3-44-36-22-31(34(39)23-37(36)45-25-30-14-9-13-27-10-7-8-15-33(27)30)24-40-41-38(43)29-17-19-32(20-18-29)42-26(2)16-21-35(42)28-11-5-4-6-12-28/h4-24H,3,25H2,1-2H3,(H,41,43)/b40-24+. The van der Waals surface area contributed by atoms with Crippen LogP contribution in [0.2, 0.25) is 0 Å². The van der Waals surface area contributed by atoms with Gasteiger partial charge < -0.3 is 14.0 Å². The summed E-state index contributed by atoms with van der Waals surface area (Å²) in [5.41, 5.74) is 9.29. The highest BCUT2D eigenvalue weighted by Crippen LogP contribution is 2.34. The molecule has 0 atom stereocenters. The van der Waals surface area contributed by atoms with Crippen LogP contribution >= 0.6 is 15.9 Å². The number of carbonyl (C=O) groups excluding carboxylic acids is 1. The van der Waals surface area contributed by atoms with Gasteiger partial charge in [-0.3, -0.25) is 4.79 Å². The van der Waals surface area contributed by atoms with Crippen molar-refractivity contribution in [2.45, 2.75) is 20.5 Å². The molecule has 7 heteroatoms. The Morgan fingerprint density at radius 3 is 2.38 bits per heavy atom. The number of carbonyl (C=O) groups is 1. The summed E-state index contributed by atoms with van der Waals surface area (Å²) in [6, 6.07) is 40.1. The maximum atomic E-state index is 12.9. The first-order chi connectivity index (χ1) is 22.0. The zero-order valence-electron chi connectivity index (χ0n) is 25.0. The third-order valence-corrected chi connectivity index (χ3v) is 8.22. The highest BCUT2D eigenvalue weighted by molar-refractivity contribution is 9.10. The molecule has 1 amide bonds. The van der Waals surface area contributed by atoms with E-state index >= 15 is 0 Å². The summed E-state index contributed by atoms with van der Waals surface area (Å²) in [7, 11) is 0. The molecule has 1 N–H and O–H groups in total. The van der Waals surface area contributed by atoms with Gasteiger partial charge in [-0.15, -0.1) is 0 Å². The molecule has 0 aliphatic carbocycles. The molecule has 5 aromatic carbocycles. The second-order valence-corrected chi connectivity index (χ2v) is 11.3. The van der Waals surface area contributed by atoms with Gasteiger partial charge in [0.2, 0.25) is 0 Å². The number of hydrazone groups is 1. The molecule has 0 saturated carbocycles. The number of nitrogens with zero attached hydrogens (tertiary/aromatic N) is 2. The van der Waals surface area contributed by atoms with Crippen molar-refractivity contribution in [3.8, 4) is 28.4 Å². The molecule has 0 aliphatic rings. The lowest BCUT2D eigenvalue weighted by molar-refractivity contribution is 0.0955. The molecule has 0 bridgehead atoms. The Balaban J connectivity index is 1.14. The lowest BCUT2D eigenvalue weighted by Crippen LogP contribution is -2.17. The predicted octanol–water partition coefficient (Wildman–Crippen LogP) is 9.11. The lowest BCUT2D eigenvalue weighted by atomic mass is 10.1. The molecule has 0 fully saturated rings. The van der Waals surface area contributed by atoms with E-state index in [1.54, 1.807) is 18.3 Å². The van der Waals surface area contributed by atoms with E-state index in [1.807, 2.05) is 67.6 Å². The van der Waals surface area contributed by atoms with Gasteiger partial charge in [-0.25, -0.2) is 5.43 Å². The lowest BCUT2D eigenvalue weighted by Gasteiger charge is -2.15. The Morgan fingerprint density at radius 1 is 0.844 bits per heavy atom. The zero-order valence-corrected chi connectivity index (χ0v) is 26.6. The van der Waals surface area contributed by atoms with E-state index in [4.69, 9.17) is 9.47 Å². The zero-order chi connectivity index (χ0) is 31.2. The molecule has 0 aliphatic heterocycles. The van der Waals surface area contributed by atoms with Crippen LogP contribution < -0.4 is 14.9 Å². The average Bonchev–Trinajstić information content (AvgIpc) is 3.46. The minimum absolute atomic E-state index is 0.304. The fourth-order valence-corrected chi connectivity index (χ4v) is 5.73. The summed E-state index contributed by atoms with van der Waals surface area (Å²) in [5, 5.41) is 6.55. The third-order valence-electron chi connectivity index (χ3n) is 7.53. The van der Waals surface area contributed by atoms with E-state index in [0.29, 0.717) is 30.3 Å². The maximum absolute atomic E-state index is 12.9. The maximum Gasteiger partial charge on any atom is 0.271 e. The van der Waals surface area contributed by atoms with Crippen molar-refractivity contribution < 1.29 is 14.3 Å². The average molecular weight is 659 g/mol. The molecule has 45 heavy (non-hydrogen) atoms. The van der Waals surface area contributed by atoms with E-state index in [0.717, 1.165) is 43.6 Å². The largest absolute Gasteiger partial charge is 0.490 e. The topological polar surface area (TPSA) is 64.8 Å². The number of rotatable bonds is 10. The number of aryl methyl sites for hydroxylation is 1. The Bertz CT molecular complexity index is 1980. The molecule has 0 radical (unpaired) electrons. The number of nitrogens with one attached hydrogen (secondary N) is 1. The summed E-state index contributed by atoms with van der Waals surface area (Å²) >= 11 is 3.62. The Morgan fingerprint density at radius 2 is 1.58 bits per heavy atom. The first-order valence-corrected chi connectivity index (χ1v) is 15.5. The summed E-state index contributed by atoms with van der Waals surface area (Å²) in [5.74, 6) is 0.910. The second kappa shape index (κ2) is 13.7. The molecule has 6 aromatic rings. The molecule has 6 rings (SSSR count). The van der Waals surface area contributed by atoms with Crippen LogP contribution in [0.4, 0.5) is 0 Å². The van der Waals surface area contributed by atoms with E-state index < -0.39 is 0 Å². The van der Waals surface area contributed by atoms with Gasteiger partial charge in [-0.05, 0) is 100 Å². The SMILES string of the molecule is CCOc1cc(/C=N/NC(=O)c2ccc(-n3c(C)ccc3-c3ccccc3)cc2)c(Br)cc1OCc1cccc2ccccc12. The number of aromatic nitrogens is 1. The number of benzene rings is 5. The van der Waals surface area contributed by atoms with Crippen LogP contribution in [0, 0.1) is 6.92 Å². The van der Waals surface area contributed by atoms with Gasteiger partial charge in [0.1, 0.15) is 6.61 Å². The van der Waals surface area contributed by atoms with Gasteiger partial charge in [0, 0.05) is 27.0 Å². The Kier molecular flexibility index (Phi) is 9.08. The van der Waals surface area contributed by atoms with Crippen LogP contribution in [0.5, 0.6) is 11.5 Å². The van der Waals surface area contributed by atoms with Crippen molar-refractivity contribution >= 4 is 38.8 Å². The van der Waals surface area contributed by atoms with E-state index in [9.17, 15) is 4.79 Å². The number of hydrogen-bond donors (Lipinski definition) is 1. The molecular formula is C38H32BrN3O3. The first-order valence-electron chi connectivity index (χ1n) is 14.7. The van der Waals surface area contributed by atoms with Crippen molar-refractivity contribution in [3.63, 3.8) is 0 Å². The molecular weight excluding hydrogens is 626 g/mol. The third kappa shape index (κ3) is 6.69. The van der Waals surface area contributed by atoms with Gasteiger partial charge >= 0.3 is 0 Å².